The number of methoxy groups -OCH3 is 1. The predicted octanol–water partition coefficient (Wildman–Crippen LogP) is 3.16. The number of sulfonamides is 1. The smallest absolute Gasteiger partial charge is 0.264 e. The van der Waals surface area contributed by atoms with Crippen LogP contribution in [0.3, 0.4) is 0 Å². The number of rotatable bonds is 8. The van der Waals surface area contributed by atoms with Crippen LogP contribution in [0.25, 0.3) is 0 Å². The number of anilines is 1. The van der Waals surface area contributed by atoms with E-state index in [9.17, 15) is 13.2 Å². The topological polar surface area (TPSA) is 94.2 Å². The lowest BCUT2D eigenvalue weighted by Gasteiger charge is -2.34. The molecule has 8 nitrogen and oxygen atoms in total. The first-order chi connectivity index (χ1) is 16.4. The lowest BCUT2D eigenvalue weighted by molar-refractivity contribution is -0.127. The minimum atomic E-state index is -3.94. The van der Waals surface area contributed by atoms with E-state index in [1.54, 1.807) is 36.4 Å². The molecule has 1 atom stereocenters. The summed E-state index contributed by atoms with van der Waals surface area (Å²) in [6.45, 7) is 2.31. The van der Waals surface area contributed by atoms with Gasteiger partial charge in [-0.3, -0.25) is 9.10 Å². The van der Waals surface area contributed by atoms with Gasteiger partial charge in [-0.05, 0) is 55.0 Å². The molecule has 9 heteroatoms. The van der Waals surface area contributed by atoms with E-state index in [1.165, 1.54) is 23.5 Å². The van der Waals surface area contributed by atoms with Gasteiger partial charge in [0.15, 0.2) is 6.10 Å². The van der Waals surface area contributed by atoms with Gasteiger partial charge in [0.2, 0.25) is 0 Å². The fourth-order valence-corrected chi connectivity index (χ4v) is 5.08. The quantitative estimate of drug-likeness (QED) is 0.496. The molecule has 0 unspecified atom stereocenters. The van der Waals surface area contributed by atoms with E-state index < -0.39 is 22.0 Å². The number of nitrogens with zero attached hydrogens (tertiary/aromatic N) is 1. The van der Waals surface area contributed by atoms with Crippen LogP contribution in [-0.4, -0.2) is 47.2 Å². The number of hydrogen-bond donors (Lipinski definition) is 1. The lowest BCUT2D eigenvalue weighted by atomic mass is 10.2. The Morgan fingerprint density at radius 1 is 1.06 bits per heavy atom. The fraction of sp³-hybridized carbons (Fsp3) is 0.240. The Morgan fingerprint density at radius 3 is 2.50 bits per heavy atom. The van der Waals surface area contributed by atoms with Crippen LogP contribution in [0.15, 0.2) is 77.7 Å². The maximum atomic E-state index is 13.4. The summed E-state index contributed by atoms with van der Waals surface area (Å²) in [6, 6.07) is 20.5. The third-order valence-corrected chi connectivity index (χ3v) is 7.22. The van der Waals surface area contributed by atoms with E-state index in [-0.39, 0.29) is 24.6 Å². The highest BCUT2D eigenvalue weighted by Gasteiger charge is 2.37. The van der Waals surface area contributed by atoms with E-state index in [2.05, 4.69) is 5.32 Å². The number of aryl methyl sites for hydroxylation is 1. The molecule has 0 aliphatic carbocycles. The monoisotopic (exact) mass is 482 g/mol. The molecule has 0 radical (unpaired) electrons. The van der Waals surface area contributed by atoms with E-state index >= 15 is 0 Å². The number of nitrogens with one attached hydrogen (secondary N) is 1. The largest absolute Gasteiger partial charge is 0.497 e. The highest BCUT2D eigenvalue weighted by molar-refractivity contribution is 7.92. The SMILES string of the molecule is COc1ccc(S(=O)(=O)N2C[C@H](C(=O)NCCOc3ccccc3C)Oc3ccccc32)cc1. The molecule has 4 rings (SSSR count). The number of carbonyl (C=O) groups is 1. The van der Waals surface area contributed by atoms with Crippen LogP contribution in [0.4, 0.5) is 5.69 Å². The van der Waals surface area contributed by atoms with Gasteiger partial charge < -0.3 is 19.5 Å². The number of para-hydroxylation sites is 3. The van der Waals surface area contributed by atoms with Crippen molar-refractivity contribution < 1.29 is 27.4 Å². The van der Waals surface area contributed by atoms with Gasteiger partial charge in [0.1, 0.15) is 23.9 Å². The molecule has 0 saturated carbocycles. The number of benzene rings is 3. The number of amides is 1. The van der Waals surface area contributed by atoms with Gasteiger partial charge in [-0.1, -0.05) is 30.3 Å². The molecular formula is C25H26N2O6S. The average molecular weight is 483 g/mol. The Balaban J connectivity index is 1.47. The number of ether oxygens (including phenoxy) is 3. The van der Waals surface area contributed by atoms with Crippen LogP contribution >= 0.6 is 0 Å². The number of carbonyl (C=O) groups excluding carboxylic acids is 1. The van der Waals surface area contributed by atoms with E-state index in [1.807, 2.05) is 31.2 Å². The van der Waals surface area contributed by atoms with Crippen LogP contribution in [-0.2, 0) is 14.8 Å². The molecule has 1 aliphatic heterocycles. The van der Waals surface area contributed by atoms with Gasteiger partial charge in [-0.2, -0.15) is 0 Å². The molecule has 1 aliphatic rings. The zero-order valence-corrected chi connectivity index (χ0v) is 19.7. The van der Waals surface area contributed by atoms with Crippen LogP contribution < -0.4 is 23.8 Å². The number of fused-ring (bicyclic) bond motifs is 1. The second-order valence-electron chi connectivity index (χ2n) is 7.69. The Kier molecular flexibility index (Phi) is 6.93. The minimum absolute atomic E-state index is 0.0933. The van der Waals surface area contributed by atoms with Crippen LogP contribution in [0.5, 0.6) is 17.2 Å². The maximum Gasteiger partial charge on any atom is 0.264 e. The lowest BCUT2D eigenvalue weighted by Crippen LogP contribution is -2.51. The average Bonchev–Trinajstić information content (AvgIpc) is 2.86. The first-order valence-corrected chi connectivity index (χ1v) is 12.2. The normalized spacial score (nSPS) is 15.1. The van der Waals surface area contributed by atoms with Gasteiger partial charge in [0.25, 0.3) is 15.9 Å². The molecule has 3 aromatic carbocycles. The van der Waals surface area contributed by atoms with Crippen molar-refractivity contribution in [2.75, 3.05) is 31.1 Å². The van der Waals surface area contributed by atoms with Crippen molar-refractivity contribution in [2.24, 2.45) is 0 Å². The molecule has 34 heavy (non-hydrogen) atoms. The zero-order valence-electron chi connectivity index (χ0n) is 18.9. The van der Waals surface area contributed by atoms with E-state index in [0.29, 0.717) is 17.2 Å². The highest BCUT2D eigenvalue weighted by atomic mass is 32.2. The Labute approximate surface area is 199 Å². The van der Waals surface area contributed by atoms with Crippen molar-refractivity contribution in [3.63, 3.8) is 0 Å². The van der Waals surface area contributed by atoms with Crippen LogP contribution in [0.1, 0.15) is 5.56 Å². The summed E-state index contributed by atoms with van der Waals surface area (Å²) in [7, 11) is -2.43. The minimum Gasteiger partial charge on any atom is -0.497 e. The molecule has 3 aromatic rings. The molecule has 178 valence electrons. The molecule has 0 aromatic heterocycles. The second kappa shape index (κ2) is 10.0. The van der Waals surface area contributed by atoms with E-state index in [0.717, 1.165) is 11.3 Å². The Hall–Kier alpha value is -3.72. The Bertz CT molecular complexity index is 1260. The van der Waals surface area contributed by atoms with Gasteiger partial charge >= 0.3 is 0 Å². The van der Waals surface area contributed by atoms with Crippen molar-refractivity contribution in [3.8, 4) is 17.2 Å². The molecule has 1 N–H and O–H groups in total. The van der Waals surface area contributed by atoms with Gasteiger partial charge in [-0.15, -0.1) is 0 Å². The molecule has 0 bridgehead atoms. The molecule has 0 saturated heterocycles. The molecule has 1 amide bonds. The molecule has 0 spiro atoms. The summed E-state index contributed by atoms with van der Waals surface area (Å²) in [5, 5.41) is 2.77. The predicted molar refractivity (Wildman–Crippen MR) is 128 cm³/mol. The van der Waals surface area contributed by atoms with Crippen molar-refractivity contribution in [2.45, 2.75) is 17.9 Å². The molecule has 1 heterocycles. The first-order valence-electron chi connectivity index (χ1n) is 10.8. The van der Waals surface area contributed by atoms with Gasteiger partial charge in [0.05, 0.1) is 30.8 Å². The van der Waals surface area contributed by atoms with Crippen molar-refractivity contribution in [3.05, 3.63) is 78.4 Å². The van der Waals surface area contributed by atoms with E-state index in [4.69, 9.17) is 14.2 Å². The highest BCUT2D eigenvalue weighted by Crippen LogP contribution is 2.37. The summed E-state index contributed by atoms with van der Waals surface area (Å²) >= 11 is 0. The first kappa shape index (κ1) is 23.4. The summed E-state index contributed by atoms with van der Waals surface area (Å²) in [4.78, 5) is 12.9. The summed E-state index contributed by atoms with van der Waals surface area (Å²) in [6.07, 6.45) is -1.01. The van der Waals surface area contributed by atoms with Gasteiger partial charge in [0, 0.05) is 0 Å². The number of hydrogen-bond acceptors (Lipinski definition) is 6. The van der Waals surface area contributed by atoms with Crippen molar-refractivity contribution in [1.29, 1.82) is 0 Å². The van der Waals surface area contributed by atoms with Gasteiger partial charge in [-0.25, -0.2) is 8.42 Å². The third kappa shape index (κ3) is 4.94. The van der Waals surface area contributed by atoms with Crippen LogP contribution in [0, 0.1) is 6.92 Å². The second-order valence-corrected chi connectivity index (χ2v) is 9.55. The maximum absolute atomic E-state index is 13.4. The standard InChI is InChI=1S/C25H26N2O6S/c1-18-7-3-5-9-22(18)32-16-15-26-25(28)24-17-27(21-8-4-6-10-23(21)33-24)34(29,30)20-13-11-19(31-2)12-14-20/h3-14,24H,15-17H2,1-2H3,(H,26,28)/t24-/m1/s1. The summed E-state index contributed by atoms with van der Waals surface area (Å²) in [5.41, 5.74) is 1.38. The fourth-order valence-electron chi connectivity index (χ4n) is 3.61. The summed E-state index contributed by atoms with van der Waals surface area (Å²) < 4.78 is 44.8. The molecular weight excluding hydrogens is 456 g/mol. The summed E-state index contributed by atoms with van der Waals surface area (Å²) in [5.74, 6) is 1.20. The van der Waals surface area contributed by atoms with Crippen LogP contribution in [0.2, 0.25) is 0 Å². The molecule has 0 fully saturated rings. The van der Waals surface area contributed by atoms with Crippen molar-refractivity contribution in [1.82, 2.24) is 5.32 Å². The van der Waals surface area contributed by atoms with Crippen molar-refractivity contribution >= 4 is 21.6 Å². The Morgan fingerprint density at radius 2 is 1.76 bits per heavy atom. The third-order valence-electron chi connectivity index (χ3n) is 5.43. The zero-order chi connectivity index (χ0) is 24.1.